The van der Waals surface area contributed by atoms with Crippen LogP contribution in [0.15, 0.2) is 24.5 Å². The highest BCUT2D eigenvalue weighted by Crippen LogP contribution is 2.04. The molecule has 2 N–H and O–H groups in total. The second-order valence-electron chi connectivity index (χ2n) is 1.89. The van der Waals surface area contributed by atoms with Crippen LogP contribution in [0, 0.1) is 6.92 Å². The van der Waals surface area contributed by atoms with E-state index in [0.29, 0.717) is 0 Å². The third kappa shape index (κ3) is 1.50. The first-order valence-corrected chi connectivity index (χ1v) is 2.79. The minimum Gasteiger partial charge on any atom is -0.324 e. The Morgan fingerprint density at radius 1 is 1.67 bits per heavy atom. The van der Waals surface area contributed by atoms with Gasteiger partial charge in [-0.3, -0.25) is 4.98 Å². The van der Waals surface area contributed by atoms with E-state index in [-0.39, 0.29) is 6.04 Å². The molecule has 1 heterocycles. The van der Waals surface area contributed by atoms with Gasteiger partial charge in [-0.25, -0.2) is 0 Å². The lowest BCUT2D eigenvalue weighted by Gasteiger charge is -2.01. The number of nitrogens with zero attached hydrogens (tertiary/aromatic N) is 1. The van der Waals surface area contributed by atoms with Crippen molar-refractivity contribution in [2.45, 2.75) is 6.04 Å². The van der Waals surface area contributed by atoms with Gasteiger partial charge in [0.05, 0.1) is 0 Å². The highest BCUT2D eigenvalue weighted by Gasteiger charge is 1.94. The topological polar surface area (TPSA) is 38.9 Å². The summed E-state index contributed by atoms with van der Waals surface area (Å²) >= 11 is 0. The van der Waals surface area contributed by atoms with Gasteiger partial charge in [0.25, 0.3) is 0 Å². The highest BCUT2D eigenvalue weighted by atomic mass is 14.7. The van der Waals surface area contributed by atoms with Crippen LogP contribution < -0.4 is 5.73 Å². The van der Waals surface area contributed by atoms with Gasteiger partial charge in [-0.2, -0.15) is 0 Å². The molecule has 2 nitrogen and oxygen atoms in total. The van der Waals surface area contributed by atoms with Gasteiger partial charge in [0.15, 0.2) is 0 Å². The van der Waals surface area contributed by atoms with Crippen LogP contribution in [0.1, 0.15) is 11.6 Å². The molecule has 0 amide bonds. The quantitative estimate of drug-likeness (QED) is 0.600. The Labute approximate surface area is 54.7 Å². The van der Waals surface area contributed by atoms with Gasteiger partial charge in [-0.15, -0.1) is 0 Å². The molecular formula is C7H9N2. The van der Waals surface area contributed by atoms with Crippen LogP contribution in [-0.4, -0.2) is 4.98 Å². The van der Waals surface area contributed by atoms with Gasteiger partial charge in [0.2, 0.25) is 0 Å². The van der Waals surface area contributed by atoms with E-state index in [4.69, 9.17) is 5.73 Å². The molecule has 0 aliphatic rings. The molecule has 47 valence electrons. The fraction of sp³-hybridized carbons (Fsp3) is 0.143. The first kappa shape index (κ1) is 6.23. The average Bonchev–Trinajstić information content (AvgIpc) is 1.90. The van der Waals surface area contributed by atoms with Crippen LogP contribution >= 0.6 is 0 Å². The summed E-state index contributed by atoms with van der Waals surface area (Å²) in [6, 6.07) is 3.60. The predicted molar refractivity (Wildman–Crippen MR) is 36.5 cm³/mol. The van der Waals surface area contributed by atoms with Crippen molar-refractivity contribution >= 4 is 0 Å². The zero-order chi connectivity index (χ0) is 6.69. The molecule has 0 saturated heterocycles. The molecule has 9 heavy (non-hydrogen) atoms. The van der Waals surface area contributed by atoms with Gasteiger partial charge >= 0.3 is 0 Å². The Morgan fingerprint density at radius 2 is 2.44 bits per heavy atom. The molecule has 0 aromatic carbocycles. The van der Waals surface area contributed by atoms with Crippen molar-refractivity contribution in [1.29, 1.82) is 0 Å². The van der Waals surface area contributed by atoms with Crippen molar-refractivity contribution in [2.75, 3.05) is 0 Å². The third-order valence-corrected chi connectivity index (χ3v) is 1.11. The zero-order valence-corrected chi connectivity index (χ0v) is 5.12. The van der Waals surface area contributed by atoms with E-state index in [1.165, 1.54) is 0 Å². The number of aromatic nitrogens is 1. The summed E-state index contributed by atoms with van der Waals surface area (Å²) in [7, 11) is 0. The molecule has 1 unspecified atom stereocenters. The largest absolute Gasteiger partial charge is 0.324 e. The third-order valence-electron chi connectivity index (χ3n) is 1.11. The average molecular weight is 121 g/mol. The maximum atomic E-state index is 5.46. The first-order valence-electron chi connectivity index (χ1n) is 2.79. The predicted octanol–water partition coefficient (Wildman–Crippen LogP) is 0.915. The van der Waals surface area contributed by atoms with E-state index in [1.54, 1.807) is 12.4 Å². The molecule has 1 aromatic rings. The smallest absolute Gasteiger partial charge is 0.0315 e. The molecular weight excluding hydrogens is 112 g/mol. The van der Waals surface area contributed by atoms with Gasteiger partial charge in [-0.1, -0.05) is 6.07 Å². The van der Waals surface area contributed by atoms with Crippen molar-refractivity contribution in [1.82, 2.24) is 4.98 Å². The molecule has 2 heteroatoms. The summed E-state index contributed by atoms with van der Waals surface area (Å²) in [6.07, 6.45) is 3.43. The monoisotopic (exact) mass is 121 g/mol. The summed E-state index contributed by atoms with van der Waals surface area (Å²) in [6.45, 7) is 3.65. The molecule has 1 rings (SSSR count). The van der Waals surface area contributed by atoms with Crippen LogP contribution in [-0.2, 0) is 0 Å². The lowest BCUT2D eigenvalue weighted by molar-refractivity contribution is 0.897. The molecule has 1 aromatic heterocycles. The Kier molecular flexibility index (Phi) is 1.80. The zero-order valence-electron chi connectivity index (χ0n) is 5.12. The summed E-state index contributed by atoms with van der Waals surface area (Å²) in [4.78, 5) is 3.89. The SMILES string of the molecule is [CH2]C(N)c1cccnc1. The summed E-state index contributed by atoms with van der Waals surface area (Å²) < 4.78 is 0. The van der Waals surface area contributed by atoms with Crippen molar-refractivity contribution in [3.05, 3.63) is 37.0 Å². The summed E-state index contributed by atoms with van der Waals surface area (Å²) in [5.41, 5.74) is 6.43. The molecule has 1 radical (unpaired) electrons. The molecule has 0 saturated carbocycles. The first-order chi connectivity index (χ1) is 4.30. The standard InChI is InChI=1S/C7H9N2/c1-6(8)7-3-2-4-9-5-7/h2-6H,1,8H2. The number of nitrogens with two attached hydrogens (primary N) is 1. The van der Waals surface area contributed by atoms with Crippen LogP contribution in [0.3, 0.4) is 0 Å². The Bertz CT molecular complexity index is 170. The van der Waals surface area contributed by atoms with Gasteiger partial charge < -0.3 is 5.73 Å². The lowest BCUT2D eigenvalue weighted by atomic mass is 10.2. The van der Waals surface area contributed by atoms with Crippen LogP contribution in [0.4, 0.5) is 0 Å². The van der Waals surface area contributed by atoms with Crippen molar-refractivity contribution in [3.8, 4) is 0 Å². The number of hydrogen-bond donors (Lipinski definition) is 1. The maximum absolute atomic E-state index is 5.46. The Morgan fingerprint density at radius 3 is 2.78 bits per heavy atom. The van der Waals surface area contributed by atoms with Crippen molar-refractivity contribution in [3.63, 3.8) is 0 Å². The fourth-order valence-electron chi connectivity index (χ4n) is 0.595. The van der Waals surface area contributed by atoms with Crippen molar-refractivity contribution in [2.24, 2.45) is 5.73 Å². The second kappa shape index (κ2) is 2.60. The number of rotatable bonds is 1. The summed E-state index contributed by atoms with van der Waals surface area (Å²) in [5.74, 6) is 0. The van der Waals surface area contributed by atoms with Crippen LogP contribution in [0.5, 0.6) is 0 Å². The molecule has 0 aliphatic heterocycles. The van der Waals surface area contributed by atoms with Crippen LogP contribution in [0.25, 0.3) is 0 Å². The van der Waals surface area contributed by atoms with Gasteiger partial charge in [-0.05, 0) is 18.6 Å². The van der Waals surface area contributed by atoms with E-state index < -0.39 is 0 Å². The van der Waals surface area contributed by atoms with E-state index in [9.17, 15) is 0 Å². The maximum Gasteiger partial charge on any atom is 0.0315 e. The van der Waals surface area contributed by atoms with E-state index in [1.807, 2.05) is 12.1 Å². The minimum atomic E-state index is -0.154. The van der Waals surface area contributed by atoms with Gasteiger partial charge in [0, 0.05) is 18.4 Å². The number of hydrogen-bond acceptors (Lipinski definition) is 2. The summed E-state index contributed by atoms with van der Waals surface area (Å²) in [5, 5.41) is 0. The van der Waals surface area contributed by atoms with E-state index in [0.717, 1.165) is 5.56 Å². The molecule has 0 bridgehead atoms. The lowest BCUT2D eigenvalue weighted by Crippen LogP contribution is -2.04. The number of pyridine rings is 1. The Hall–Kier alpha value is -0.890. The normalized spacial score (nSPS) is 13.1. The van der Waals surface area contributed by atoms with E-state index >= 15 is 0 Å². The molecule has 1 atom stereocenters. The minimum absolute atomic E-state index is 0.154. The molecule has 0 spiro atoms. The highest BCUT2D eigenvalue weighted by molar-refractivity contribution is 5.13. The Balaban J connectivity index is 2.85. The molecule has 0 fully saturated rings. The molecule has 0 aliphatic carbocycles. The van der Waals surface area contributed by atoms with Crippen molar-refractivity contribution < 1.29 is 0 Å². The fourth-order valence-corrected chi connectivity index (χ4v) is 0.595. The second-order valence-corrected chi connectivity index (χ2v) is 1.89. The van der Waals surface area contributed by atoms with E-state index in [2.05, 4.69) is 11.9 Å². The van der Waals surface area contributed by atoms with Crippen LogP contribution in [0.2, 0.25) is 0 Å². The van der Waals surface area contributed by atoms with Gasteiger partial charge in [0.1, 0.15) is 0 Å².